The number of rotatable bonds is 3. The number of anilines is 1. The minimum atomic E-state index is -0.100. The van der Waals surface area contributed by atoms with E-state index < -0.39 is 0 Å². The highest BCUT2D eigenvalue weighted by Gasteiger charge is 2.28. The van der Waals surface area contributed by atoms with Crippen LogP contribution < -0.4 is 15.0 Å². The second-order valence-corrected chi connectivity index (χ2v) is 6.19. The van der Waals surface area contributed by atoms with Crippen LogP contribution in [0.1, 0.15) is 37.0 Å². The van der Waals surface area contributed by atoms with Crippen molar-refractivity contribution in [2.24, 2.45) is 5.92 Å². The van der Waals surface area contributed by atoms with Crippen molar-refractivity contribution in [2.45, 2.75) is 32.7 Å². The molecule has 1 unspecified atom stereocenters. The van der Waals surface area contributed by atoms with Crippen molar-refractivity contribution < 1.29 is 14.3 Å². The number of hydrogen-bond donors (Lipinski definition) is 1. The molecule has 0 bridgehead atoms. The zero-order valence-electron chi connectivity index (χ0n) is 13.1. The van der Waals surface area contributed by atoms with Crippen molar-refractivity contribution in [1.29, 1.82) is 0 Å². The van der Waals surface area contributed by atoms with E-state index in [2.05, 4.69) is 5.32 Å². The Labute approximate surface area is 130 Å². The largest absolute Gasteiger partial charge is 0.490 e. The highest BCUT2D eigenvalue weighted by molar-refractivity contribution is 6.03. The van der Waals surface area contributed by atoms with Gasteiger partial charge in [-0.15, -0.1) is 0 Å². The molecule has 1 N–H and O–H groups in total. The third-order valence-electron chi connectivity index (χ3n) is 4.24. The van der Waals surface area contributed by atoms with Gasteiger partial charge in [-0.2, -0.15) is 0 Å². The Hall–Kier alpha value is -1.88. The highest BCUT2D eigenvalue weighted by Crippen LogP contribution is 2.34. The highest BCUT2D eigenvalue weighted by atomic mass is 16.5. The topological polar surface area (TPSA) is 58.6 Å². The molecule has 1 atom stereocenters. The van der Waals surface area contributed by atoms with Crippen LogP contribution in [0.15, 0.2) is 18.2 Å². The van der Waals surface area contributed by atoms with Gasteiger partial charge in [0.05, 0.1) is 18.3 Å². The lowest BCUT2D eigenvalue weighted by Crippen LogP contribution is -2.40. The Bertz CT molecular complexity index is 592. The summed E-state index contributed by atoms with van der Waals surface area (Å²) in [6.45, 7) is 5.68. The second-order valence-electron chi connectivity index (χ2n) is 6.19. The first-order valence-electron chi connectivity index (χ1n) is 7.94. The summed E-state index contributed by atoms with van der Waals surface area (Å²) in [4.78, 5) is 26.6. The van der Waals surface area contributed by atoms with Crippen molar-refractivity contribution in [3.05, 3.63) is 23.8 Å². The van der Waals surface area contributed by atoms with E-state index in [-0.39, 0.29) is 23.7 Å². The minimum absolute atomic E-state index is 0.0631. The van der Waals surface area contributed by atoms with Gasteiger partial charge in [0.2, 0.25) is 5.91 Å². The molecule has 1 amide bonds. The molecule has 3 rings (SSSR count). The molecule has 22 heavy (non-hydrogen) atoms. The van der Waals surface area contributed by atoms with Gasteiger partial charge in [-0.05, 0) is 37.6 Å². The quantitative estimate of drug-likeness (QED) is 0.868. The van der Waals surface area contributed by atoms with Gasteiger partial charge in [0.25, 0.3) is 0 Å². The summed E-state index contributed by atoms with van der Waals surface area (Å²) in [6.07, 6.45) is 1.91. The van der Waals surface area contributed by atoms with Crippen LogP contribution in [0.5, 0.6) is 5.75 Å². The summed E-state index contributed by atoms with van der Waals surface area (Å²) in [6, 6.07) is 5.30. The summed E-state index contributed by atoms with van der Waals surface area (Å²) >= 11 is 0. The van der Waals surface area contributed by atoms with Gasteiger partial charge in [0, 0.05) is 11.5 Å². The fourth-order valence-electron chi connectivity index (χ4n) is 3.02. The molecule has 0 aliphatic carbocycles. The lowest BCUT2D eigenvalue weighted by atomic mass is 10.0. The smallest absolute Gasteiger partial charge is 0.229 e. The molecule has 0 radical (unpaired) electrons. The third-order valence-corrected chi connectivity index (χ3v) is 4.24. The van der Waals surface area contributed by atoms with E-state index in [0.717, 1.165) is 19.4 Å². The Morgan fingerprint density at radius 2 is 2.18 bits per heavy atom. The molecule has 0 aromatic heterocycles. The number of nitrogens with one attached hydrogen (secondary N) is 1. The van der Waals surface area contributed by atoms with Crippen molar-refractivity contribution in [3.8, 4) is 5.75 Å². The number of carbonyl (C=O) groups is 2. The summed E-state index contributed by atoms with van der Waals surface area (Å²) < 4.78 is 5.62. The third kappa shape index (κ3) is 2.73. The molecule has 1 fully saturated rings. The molecule has 1 saturated heterocycles. The van der Waals surface area contributed by atoms with E-state index >= 15 is 0 Å². The monoisotopic (exact) mass is 302 g/mol. The normalized spacial score (nSPS) is 20.7. The average molecular weight is 302 g/mol. The minimum Gasteiger partial charge on any atom is -0.490 e. The molecule has 1 aromatic rings. The van der Waals surface area contributed by atoms with Gasteiger partial charge in [0.1, 0.15) is 12.4 Å². The number of ether oxygens (including phenoxy) is 1. The number of carbonyl (C=O) groups excluding carboxylic acids is 2. The van der Waals surface area contributed by atoms with Crippen LogP contribution in [0, 0.1) is 5.92 Å². The van der Waals surface area contributed by atoms with E-state index in [9.17, 15) is 9.59 Å². The first-order valence-corrected chi connectivity index (χ1v) is 7.94. The molecule has 0 saturated carbocycles. The molecule has 0 spiro atoms. The summed E-state index contributed by atoms with van der Waals surface area (Å²) in [5, 5.41) is 3.23. The molecule has 118 valence electrons. The standard InChI is InChI=1S/C17H22N2O3/c1-11(2)17(21)19-8-9-22-15-6-5-12(10-14(15)19)16(20)13-4-3-7-18-13/h5-6,10-11,13,18H,3-4,7-9H2,1-2H3. The van der Waals surface area contributed by atoms with Crippen LogP contribution >= 0.6 is 0 Å². The number of amides is 1. The maximum absolute atomic E-state index is 12.5. The van der Waals surface area contributed by atoms with Crippen LogP contribution in [0.4, 0.5) is 5.69 Å². The van der Waals surface area contributed by atoms with Crippen LogP contribution in [0.3, 0.4) is 0 Å². The van der Waals surface area contributed by atoms with Crippen LogP contribution in [0.2, 0.25) is 0 Å². The zero-order valence-corrected chi connectivity index (χ0v) is 13.1. The second kappa shape index (κ2) is 6.08. The first-order chi connectivity index (χ1) is 10.6. The van der Waals surface area contributed by atoms with Gasteiger partial charge in [0.15, 0.2) is 5.78 Å². The molecule has 2 aliphatic heterocycles. The maximum atomic E-state index is 12.5. The van der Waals surface area contributed by atoms with E-state index in [1.165, 1.54) is 0 Å². The average Bonchev–Trinajstić information content (AvgIpc) is 3.06. The van der Waals surface area contributed by atoms with Crippen LogP contribution in [-0.4, -0.2) is 37.4 Å². The number of fused-ring (bicyclic) bond motifs is 1. The predicted octanol–water partition coefficient (Wildman–Crippen LogP) is 2.00. The van der Waals surface area contributed by atoms with Crippen molar-refractivity contribution in [2.75, 3.05) is 24.6 Å². The van der Waals surface area contributed by atoms with Gasteiger partial charge >= 0.3 is 0 Å². The molecular formula is C17H22N2O3. The molecular weight excluding hydrogens is 280 g/mol. The summed E-state index contributed by atoms with van der Waals surface area (Å²) in [7, 11) is 0. The molecule has 5 nitrogen and oxygen atoms in total. The Kier molecular flexibility index (Phi) is 4.16. The summed E-state index contributed by atoms with van der Waals surface area (Å²) in [5.74, 6) is 0.758. The SMILES string of the molecule is CC(C)C(=O)N1CCOc2ccc(C(=O)C3CCCN3)cc21. The van der Waals surface area contributed by atoms with Gasteiger partial charge in [-0.25, -0.2) is 0 Å². The predicted molar refractivity (Wildman–Crippen MR) is 84.5 cm³/mol. The van der Waals surface area contributed by atoms with Crippen molar-refractivity contribution in [1.82, 2.24) is 5.32 Å². The van der Waals surface area contributed by atoms with E-state index in [1.807, 2.05) is 13.8 Å². The molecule has 5 heteroatoms. The van der Waals surface area contributed by atoms with E-state index in [4.69, 9.17) is 4.74 Å². The fraction of sp³-hybridized carbons (Fsp3) is 0.529. The van der Waals surface area contributed by atoms with Gasteiger partial charge < -0.3 is 15.0 Å². The van der Waals surface area contributed by atoms with Crippen molar-refractivity contribution >= 4 is 17.4 Å². The lowest BCUT2D eigenvalue weighted by Gasteiger charge is -2.31. The zero-order chi connectivity index (χ0) is 15.7. The lowest BCUT2D eigenvalue weighted by molar-refractivity contribution is -0.121. The summed E-state index contributed by atoms with van der Waals surface area (Å²) in [5.41, 5.74) is 1.36. The van der Waals surface area contributed by atoms with Crippen LogP contribution in [-0.2, 0) is 4.79 Å². The number of benzene rings is 1. The first kappa shape index (κ1) is 15.0. The van der Waals surface area contributed by atoms with Gasteiger partial charge in [-0.1, -0.05) is 13.8 Å². The van der Waals surface area contributed by atoms with E-state index in [1.54, 1.807) is 23.1 Å². The Morgan fingerprint density at radius 1 is 1.36 bits per heavy atom. The molecule has 2 aliphatic rings. The molecule has 2 heterocycles. The Morgan fingerprint density at radius 3 is 2.86 bits per heavy atom. The molecule has 1 aromatic carbocycles. The number of hydrogen-bond acceptors (Lipinski definition) is 4. The number of Topliss-reactive ketones (excluding diaryl/α,β-unsaturated/α-hetero) is 1. The Balaban J connectivity index is 1.91. The van der Waals surface area contributed by atoms with Crippen molar-refractivity contribution in [3.63, 3.8) is 0 Å². The number of ketones is 1. The number of nitrogens with zero attached hydrogens (tertiary/aromatic N) is 1. The van der Waals surface area contributed by atoms with Gasteiger partial charge in [-0.3, -0.25) is 9.59 Å². The van der Waals surface area contributed by atoms with E-state index in [0.29, 0.717) is 30.2 Å². The fourth-order valence-corrected chi connectivity index (χ4v) is 3.02. The maximum Gasteiger partial charge on any atom is 0.229 e. The van der Waals surface area contributed by atoms with Crippen LogP contribution in [0.25, 0.3) is 0 Å².